The van der Waals surface area contributed by atoms with Gasteiger partial charge in [-0.05, 0) is 43.3 Å². The van der Waals surface area contributed by atoms with E-state index >= 15 is 0 Å². The Kier molecular flexibility index (Phi) is 5.62. The summed E-state index contributed by atoms with van der Waals surface area (Å²) < 4.78 is 8.18. The molecule has 6 nitrogen and oxygen atoms in total. The Hall–Kier alpha value is -2.16. The molecule has 1 aromatic carbocycles. The molecule has 1 atom stereocenters. The lowest BCUT2D eigenvalue weighted by molar-refractivity contribution is 0.482. The van der Waals surface area contributed by atoms with Crippen LogP contribution in [0.4, 0.5) is 0 Å². The molecular formula is C21H20ClN5OS2. The van der Waals surface area contributed by atoms with Crippen LogP contribution in [0.25, 0.3) is 22.2 Å². The molecule has 0 amide bonds. The third kappa shape index (κ3) is 3.79. The molecule has 9 heteroatoms. The highest BCUT2D eigenvalue weighted by molar-refractivity contribution is 7.99. The smallest absolute Gasteiger partial charge is 0.257 e. The van der Waals surface area contributed by atoms with Crippen molar-refractivity contribution >= 4 is 34.7 Å². The number of benzene rings is 1. The number of nitrogens with zero attached hydrogens (tertiary/aromatic N) is 5. The summed E-state index contributed by atoms with van der Waals surface area (Å²) in [6.45, 7) is 2.05. The van der Waals surface area contributed by atoms with E-state index in [2.05, 4.69) is 31.9 Å². The molecule has 3 heterocycles. The third-order valence-corrected chi connectivity index (χ3v) is 7.50. The van der Waals surface area contributed by atoms with Crippen molar-refractivity contribution in [2.45, 2.75) is 49.1 Å². The van der Waals surface area contributed by atoms with Gasteiger partial charge in [-0.3, -0.25) is 4.57 Å². The fourth-order valence-electron chi connectivity index (χ4n) is 3.78. The van der Waals surface area contributed by atoms with Crippen LogP contribution < -0.4 is 0 Å². The van der Waals surface area contributed by atoms with E-state index in [-0.39, 0.29) is 5.25 Å². The summed E-state index contributed by atoms with van der Waals surface area (Å²) in [6, 6.07) is 12.1. The predicted octanol–water partition coefficient (Wildman–Crippen LogP) is 6.68. The minimum atomic E-state index is -0.0466. The van der Waals surface area contributed by atoms with E-state index in [0.29, 0.717) is 22.8 Å². The van der Waals surface area contributed by atoms with Crippen LogP contribution in [0, 0.1) is 0 Å². The SMILES string of the molecule is CC(Sc1nnc(-c2ccccc2Cl)n1C1CCCC1)c1nnc(-c2cccs2)o1. The standard InChI is InChI=1S/C21H20ClN5OS2/c1-13(19-24-25-20(28-19)17-11-6-12-29-17)30-21-26-23-18(15-9-4-5-10-16(15)22)27(21)14-7-2-3-8-14/h4-6,9-14H,2-3,7-8H2,1H3. The molecule has 0 spiro atoms. The van der Waals surface area contributed by atoms with Crippen LogP contribution in [0.5, 0.6) is 0 Å². The van der Waals surface area contributed by atoms with Gasteiger partial charge in [0.25, 0.3) is 5.89 Å². The molecule has 0 N–H and O–H groups in total. The van der Waals surface area contributed by atoms with Crippen LogP contribution >= 0.6 is 34.7 Å². The number of thiophene rings is 1. The van der Waals surface area contributed by atoms with Crippen molar-refractivity contribution in [3.8, 4) is 22.2 Å². The maximum atomic E-state index is 6.48. The van der Waals surface area contributed by atoms with Crippen molar-refractivity contribution in [2.24, 2.45) is 0 Å². The summed E-state index contributed by atoms with van der Waals surface area (Å²) in [6.07, 6.45) is 4.69. The molecule has 5 rings (SSSR count). The first kappa shape index (κ1) is 19.8. The van der Waals surface area contributed by atoms with E-state index in [1.807, 2.05) is 41.8 Å². The maximum Gasteiger partial charge on any atom is 0.257 e. The van der Waals surface area contributed by atoms with Crippen molar-refractivity contribution in [2.75, 3.05) is 0 Å². The zero-order valence-corrected chi connectivity index (χ0v) is 18.8. The van der Waals surface area contributed by atoms with Gasteiger partial charge in [-0.2, -0.15) is 0 Å². The van der Waals surface area contributed by atoms with Crippen molar-refractivity contribution < 1.29 is 4.42 Å². The first-order valence-electron chi connectivity index (χ1n) is 9.94. The lowest BCUT2D eigenvalue weighted by Crippen LogP contribution is -2.09. The molecule has 1 aliphatic rings. The molecule has 30 heavy (non-hydrogen) atoms. The minimum absolute atomic E-state index is 0.0466. The quantitative estimate of drug-likeness (QED) is 0.301. The van der Waals surface area contributed by atoms with Crippen LogP contribution in [0.15, 0.2) is 51.4 Å². The van der Waals surface area contributed by atoms with Crippen LogP contribution in [-0.4, -0.2) is 25.0 Å². The number of hydrogen-bond acceptors (Lipinski definition) is 7. The highest BCUT2D eigenvalue weighted by Gasteiger charge is 2.28. The number of thioether (sulfide) groups is 1. The molecule has 4 aromatic rings. The van der Waals surface area contributed by atoms with Gasteiger partial charge in [0, 0.05) is 11.6 Å². The molecule has 1 fully saturated rings. The van der Waals surface area contributed by atoms with Gasteiger partial charge < -0.3 is 4.42 Å². The van der Waals surface area contributed by atoms with Crippen molar-refractivity contribution in [1.82, 2.24) is 25.0 Å². The second kappa shape index (κ2) is 8.53. The van der Waals surface area contributed by atoms with Gasteiger partial charge in [0.1, 0.15) is 0 Å². The summed E-state index contributed by atoms with van der Waals surface area (Å²) in [5.74, 6) is 1.97. The van der Waals surface area contributed by atoms with Crippen LogP contribution in [0.1, 0.15) is 49.8 Å². The van der Waals surface area contributed by atoms with E-state index < -0.39 is 0 Å². The molecule has 154 valence electrons. The Morgan fingerprint density at radius 2 is 1.93 bits per heavy atom. The first-order chi connectivity index (χ1) is 14.7. The zero-order chi connectivity index (χ0) is 20.5. The number of rotatable bonds is 6. The van der Waals surface area contributed by atoms with Gasteiger partial charge >= 0.3 is 0 Å². The highest BCUT2D eigenvalue weighted by Crippen LogP contribution is 2.42. The summed E-state index contributed by atoms with van der Waals surface area (Å²) in [5.41, 5.74) is 0.913. The number of hydrogen-bond donors (Lipinski definition) is 0. The second-order valence-electron chi connectivity index (χ2n) is 7.28. The largest absolute Gasteiger partial charge is 0.419 e. The fourth-order valence-corrected chi connectivity index (χ4v) is 5.60. The Morgan fingerprint density at radius 1 is 1.10 bits per heavy atom. The lowest BCUT2D eigenvalue weighted by Gasteiger charge is -2.18. The normalized spacial score (nSPS) is 15.7. The molecule has 0 bridgehead atoms. The Labute approximate surface area is 187 Å². The van der Waals surface area contributed by atoms with E-state index in [1.165, 1.54) is 12.8 Å². The predicted molar refractivity (Wildman–Crippen MR) is 120 cm³/mol. The Balaban J connectivity index is 1.46. The average molecular weight is 458 g/mol. The van der Waals surface area contributed by atoms with Gasteiger partial charge in [0.2, 0.25) is 5.89 Å². The molecule has 1 unspecified atom stereocenters. The second-order valence-corrected chi connectivity index (χ2v) is 9.94. The lowest BCUT2D eigenvalue weighted by atomic mass is 10.2. The average Bonchev–Trinajstić information content (AvgIpc) is 3.55. The van der Waals surface area contributed by atoms with E-state index in [1.54, 1.807) is 23.1 Å². The summed E-state index contributed by atoms with van der Waals surface area (Å²) >= 11 is 9.66. The molecule has 1 saturated carbocycles. The van der Waals surface area contributed by atoms with Crippen molar-refractivity contribution in [3.63, 3.8) is 0 Å². The molecule has 1 aliphatic carbocycles. The van der Waals surface area contributed by atoms with Gasteiger partial charge in [-0.15, -0.1) is 31.7 Å². The third-order valence-electron chi connectivity index (χ3n) is 5.27. The van der Waals surface area contributed by atoms with E-state index in [4.69, 9.17) is 16.0 Å². The van der Waals surface area contributed by atoms with Gasteiger partial charge in [0.05, 0.1) is 15.1 Å². The monoisotopic (exact) mass is 457 g/mol. The first-order valence-corrected chi connectivity index (χ1v) is 12.1. The Bertz CT molecular complexity index is 1130. The zero-order valence-electron chi connectivity index (χ0n) is 16.4. The maximum absolute atomic E-state index is 6.48. The highest BCUT2D eigenvalue weighted by atomic mass is 35.5. The fraction of sp³-hybridized carbons (Fsp3) is 0.333. The molecular weight excluding hydrogens is 438 g/mol. The number of halogens is 1. The van der Waals surface area contributed by atoms with Crippen molar-refractivity contribution in [3.05, 3.63) is 52.7 Å². The minimum Gasteiger partial charge on any atom is -0.419 e. The van der Waals surface area contributed by atoms with Gasteiger partial charge in [-0.1, -0.05) is 54.4 Å². The van der Waals surface area contributed by atoms with Crippen molar-refractivity contribution in [1.29, 1.82) is 0 Å². The Morgan fingerprint density at radius 3 is 2.70 bits per heavy atom. The summed E-state index contributed by atoms with van der Waals surface area (Å²) in [7, 11) is 0. The van der Waals surface area contributed by atoms with Gasteiger partial charge in [-0.25, -0.2) is 0 Å². The van der Waals surface area contributed by atoms with Crippen LogP contribution in [0.2, 0.25) is 5.02 Å². The van der Waals surface area contributed by atoms with E-state index in [0.717, 1.165) is 34.3 Å². The molecule has 0 aliphatic heterocycles. The van der Waals surface area contributed by atoms with Crippen LogP contribution in [-0.2, 0) is 0 Å². The molecule has 0 saturated heterocycles. The molecule has 0 radical (unpaired) electrons. The topological polar surface area (TPSA) is 69.6 Å². The molecule has 3 aromatic heterocycles. The van der Waals surface area contributed by atoms with Crippen LogP contribution in [0.3, 0.4) is 0 Å². The number of aromatic nitrogens is 5. The van der Waals surface area contributed by atoms with Gasteiger partial charge in [0.15, 0.2) is 11.0 Å². The summed E-state index contributed by atoms with van der Waals surface area (Å²) in [4.78, 5) is 0.973. The van der Waals surface area contributed by atoms with E-state index in [9.17, 15) is 0 Å². The summed E-state index contributed by atoms with van der Waals surface area (Å²) in [5, 5.41) is 21.0.